The minimum Gasteiger partial charge on any atom is -0.443 e. The van der Waals surface area contributed by atoms with E-state index in [1.807, 2.05) is 27.7 Å². The predicted molar refractivity (Wildman–Crippen MR) is 109 cm³/mol. The van der Waals surface area contributed by atoms with Crippen LogP contribution in [-0.2, 0) is 14.0 Å². The second-order valence-corrected chi connectivity index (χ2v) is 9.60. The first-order valence-corrected chi connectivity index (χ1v) is 9.61. The van der Waals surface area contributed by atoms with Crippen LogP contribution in [0.15, 0.2) is 12.1 Å². The van der Waals surface area contributed by atoms with Crippen LogP contribution in [0.2, 0.25) is 5.02 Å². The van der Waals surface area contributed by atoms with Gasteiger partial charge in [0.25, 0.3) is 0 Å². The number of ether oxygens (including phenoxy) is 1. The maximum Gasteiger partial charge on any atom is 0.513 e. The summed E-state index contributed by atoms with van der Waals surface area (Å²) in [5, 5.41) is 0.479. The van der Waals surface area contributed by atoms with E-state index >= 15 is 0 Å². The van der Waals surface area contributed by atoms with E-state index < -0.39 is 35.8 Å². The van der Waals surface area contributed by atoms with Gasteiger partial charge in [0, 0.05) is 5.39 Å². The molecule has 1 aromatic heterocycles. The van der Waals surface area contributed by atoms with E-state index in [1.165, 1.54) is 16.7 Å². The van der Waals surface area contributed by atoms with E-state index in [9.17, 15) is 9.18 Å². The van der Waals surface area contributed by atoms with Crippen LogP contribution in [0.25, 0.3) is 10.9 Å². The zero-order valence-electron chi connectivity index (χ0n) is 17.6. The number of carbonyl (C=O) groups excluding carboxylic acids is 1. The van der Waals surface area contributed by atoms with Crippen molar-refractivity contribution in [2.75, 3.05) is 0 Å². The van der Waals surface area contributed by atoms with Crippen molar-refractivity contribution in [1.82, 2.24) is 4.57 Å². The number of aryl methyl sites for hydroxylation is 1. The van der Waals surface area contributed by atoms with Crippen molar-refractivity contribution in [2.45, 2.75) is 72.2 Å². The van der Waals surface area contributed by atoms with E-state index in [1.54, 1.807) is 27.7 Å². The Bertz CT molecular complexity index is 945. The summed E-state index contributed by atoms with van der Waals surface area (Å²) in [5.74, 6) is -0.556. The summed E-state index contributed by atoms with van der Waals surface area (Å²) in [4.78, 5) is 13.1. The molecule has 0 saturated carbocycles. The third-order valence-electron chi connectivity index (χ3n) is 5.36. The van der Waals surface area contributed by atoms with Crippen molar-refractivity contribution in [3.8, 4) is 0 Å². The van der Waals surface area contributed by atoms with Crippen LogP contribution in [-0.4, -0.2) is 34.6 Å². The Labute approximate surface area is 170 Å². The Morgan fingerprint density at radius 2 is 1.71 bits per heavy atom. The van der Waals surface area contributed by atoms with Gasteiger partial charge in [0.05, 0.1) is 27.3 Å². The van der Waals surface area contributed by atoms with Gasteiger partial charge in [0.15, 0.2) is 0 Å². The van der Waals surface area contributed by atoms with E-state index in [-0.39, 0.29) is 5.02 Å². The molecule has 3 rings (SSSR count). The molecule has 1 aromatic carbocycles. The highest BCUT2D eigenvalue weighted by atomic mass is 35.5. The van der Waals surface area contributed by atoms with Gasteiger partial charge in [-0.2, -0.15) is 0 Å². The first kappa shape index (κ1) is 21.2. The normalized spacial score (nSPS) is 18.7. The van der Waals surface area contributed by atoms with Gasteiger partial charge in [-0.1, -0.05) is 11.6 Å². The van der Waals surface area contributed by atoms with Gasteiger partial charge in [0.2, 0.25) is 0 Å². The molecule has 2 aromatic rings. The van der Waals surface area contributed by atoms with Gasteiger partial charge in [-0.3, -0.25) is 4.57 Å². The molecule has 0 aliphatic carbocycles. The van der Waals surface area contributed by atoms with Crippen molar-refractivity contribution in [2.24, 2.45) is 0 Å². The van der Waals surface area contributed by atoms with Crippen molar-refractivity contribution < 1.29 is 23.2 Å². The highest BCUT2D eigenvalue weighted by Gasteiger charge is 2.54. The number of hydrogen-bond donors (Lipinski definition) is 0. The van der Waals surface area contributed by atoms with E-state index in [0.29, 0.717) is 22.1 Å². The molecular weight excluding hydrogens is 383 g/mol. The SMILES string of the molecule is Cc1c(B2OC(C)(C)C(C)(C)O2)n(C(=O)OC(C)(C)C)c2cc(Cl)c(F)cc12. The lowest BCUT2D eigenvalue weighted by Crippen LogP contribution is -2.44. The summed E-state index contributed by atoms with van der Waals surface area (Å²) in [6, 6.07) is 2.75. The fourth-order valence-corrected chi connectivity index (χ4v) is 3.36. The van der Waals surface area contributed by atoms with Gasteiger partial charge in [-0.05, 0) is 73.1 Å². The van der Waals surface area contributed by atoms with Crippen LogP contribution in [0.3, 0.4) is 0 Å². The summed E-state index contributed by atoms with van der Waals surface area (Å²) >= 11 is 6.01. The Hall–Kier alpha value is -1.57. The minimum atomic E-state index is -0.813. The van der Waals surface area contributed by atoms with Gasteiger partial charge in [-0.15, -0.1) is 0 Å². The van der Waals surface area contributed by atoms with Crippen molar-refractivity contribution in [1.29, 1.82) is 0 Å². The monoisotopic (exact) mass is 409 g/mol. The van der Waals surface area contributed by atoms with E-state index in [4.69, 9.17) is 25.6 Å². The van der Waals surface area contributed by atoms with E-state index in [0.717, 1.165) is 0 Å². The molecule has 28 heavy (non-hydrogen) atoms. The second kappa shape index (κ2) is 6.47. The van der Waals surface area contributed by atoms with Crippen LogP contribution in [0.1, 0.15) is 54.0 Å². The van der Waals surface area contributed by atoms with Crippen molar-refractivity contribution >= 4 is 41.3 Å². The highest BCUT2D eigenvalue weighted by Crippen LogP contribution is 2.38. The molecule has 5 nitrogen and oxygen atoms in total. The summed E-state index contributed by atoms with van der Waals surface area (Å²) in [6.45, 7) is 14.9. The molecule has 2 heterocycles. The lowest BCUT2D eigenvalue weighted by atomic mass is 9.81. The Kier molecular flexibility index (Phi) is 4.89. The molecule has 0 bridgehead atoms. The molecule has 1 aliphatic heterocycles. The minimum absolute atomic E-state index is 0.0738. The smallest absolute Gasteiger partial charge is 0.443 e. The maximum absolute atomic E-state index is 14.1. The van der Waals surface area contributed by atoms with Gasteiger partial charge in [-0.25, -0.2) is 9.18 Å². The summed E-state index contributed by atoms with van der Waals surface area (Å²) in [7, 11) is -0.813. The molecule has 0 unspecified atom stereocenters. The largest absolute Gasteiger partial charge is 0.513 e. The molecule has 0 radical (unpaired) electrons. The lowest BCUT2D eigenvalue weighted by molar-refractivity contribution is 0.00578. The number of carbonyl (C=O) groups is 1. The van der Waals surface area contributed by atoms with Crippen LogP contribution in [0.4, 0.5) is 9.18 Å². The van der Waals surface area contributed by atoms with Crippen molar-refractivity contribution in [3.05, 3.63) is 28.5 Å². The fraction of sp³-hybridized carbons (Fsp3) is 0.550. The number of benzene rings is 1. The van der Waals surface area contributed by atoms with Gasteiger partial charge < -0.3 is 14.0 Å². The second-order valence-electron chi connectivity index (χ2n) is 9.20. The molecule has 1 fully saturated rings. The molecule has 0 spiro atoms. The lowest BCUT2D eigenvalue weighted by Gasteiger charge is -2.32. The molecule has 1 aliphatic rings. The molecule has 0 N–H and O–H groups in total. The number of hydrogen-bond acceptors (Lipinski definition) is 4. The van der Waals surface area contributed by atoms with E-state index in [2.05, 4.69) is 0 Å². The standard InChI is InChI=1S/C20H26BClFNO4/c1-11-12-9-14(23)13(22)10-15(12)24(17(25)26-18(2,3)4)16(11)21-27-19(5,6)20(7,8)28-21/h9-10H,1-8H3. The zero-order valence-corrected chi connectivity index (χ0v) is 18.3. The number of rotatable bonds is 1. The van der Waals surface area contributed by atoms with Crippen LogP contribution in [0, 0.1) is 12.7 Å². The number of nitrogens with zero attached hydrogens (tertiary/aromatic N) is 1. The first-order chi connectivity index (χ1) is 12.6. The summed E-state index contributed by atoms with van der Waals surface area (Å²) < 4.78 is 33.4. The third kappa shape index (κ3) is 3.44. The highest BCUT2D eigenvalue weighted by molar-refractivity contribution is 6.63. The van der Waals surface area contributed by atoms with Crippen LogP contribution in [0.5, 0.6) is 0 Å². The average molecular weight is 410 g/mol. The molecule has 0 amide bonds. The molecule has 1 saturated heterocycles. The summed E-state index contributed by atoms with van der Waals surface area (Å²) in [6.07, 6.45) is -0.599. The Morgan fingerprint density at radius 3 is 2.21 bits per heavy atom. The topological polar surface area (TPSA) is 49.7 Å². The molecular formula is C20H26BClFNO4. The summed E-state index contributed by atoms with van der Waals surface area (Å²) in [5.41, 5.74) is -0.300. The predicted octanol–water partition coefficient (Wildman–Crippen LogP) is 4.82. The van der Waals surface area contributed by atoms with Gasteiger partial charge >= 0.3 is 13.2 Å². The first-order valence-electron chi connectivity index (χ1n) is 9.23. The number of halogens is 2. The quantitative estimate of drug-likeness (QED) is 0.633. The Balaban J connectivity index is 2.25. The van der Waals surface area contributed by atoms with Crippen LogP contribution < -0.4 is 5.59 Å². The third-order valence-corrected chi connectivity index (χ3v) is 5.65. The number of fused-ring (bicyclic) bond motifs is 1. The van der Waals surface area contributed by atoms with Crippen molar-refractivity contribution in [3.63, 3.8) is 0 Å². The molecule has 8 heteroatoms. The average Bonchev–Trinajstić information content (AvgIpc) is 2.89. The number of aromatic nitrogens is 1. The van der Waals surface area contributed by atoms with Gasteiger partial charge in [0.1, 0.15) is 11.4 Å². The maximum atomic E-state index is 14.1. The molecule has 152 valence electrons. The van der Waals surface area contributed by atoms with Crippen LogP contribution >= 0.6 is 11.6 Å². The fourth-order valence-electron chi connectivity index (χ4n) is 3.20. The molecule has 0 atom stereocenters. The Morgan fingerprint density at radius 1 is 1.18 bits per heavy atom. The zero-order chi connectivity index (χ0) is 21.2.